The Morgan fingerprint density at radius 1 is 1.06 bits per heavy atom. The van der Waals surface area contributed by atoms with Crippen LogP contribution in [0.4, 0.5) is 0 Å². The monoisotopic (exact) mass is 228 g/mol. The highest BCUT2D eigenvalue weighted by molar-refractivity contribution is 4.98. The van der Waals surface area contributed by atoms with E-state index in [-0.39, 0.29) is 0 Å². The zero-order valence-corrected chi connectivity index (χ0v) is 11.2. The Morgan fingerprint density at radius 2 is 1.88 bits per heavy atom. The molecular formula is C14H28O2. The lowest BCUT2D eigenvalue weighted by Gasteiger charge is -2.10. The van der Waals surface area contributed by atoms with Crippen molar-refractivity contribution in [2.24, 2.45) is 11.8 Å². The molecular weight excluding hydrogens is 200 g/mol. The fourth-order valence-corrected chi connectivity index (χ4v) is 2.46. The van der Waals surface area contributed by atoms with Crippen LogP contribution in [0.2, 0.25) is 0 Å². The van der Waals surface area contributed by atoms with Crippen LogP contribution in [0.15, 0.2) is 0 Å². The molecule has 2 aliphatic carbocycles. The maximum atomic E-state index is 5.56. The second-order valence-corrected chi connectivity index (χ2v) is 4.78. The van der Waals surface area contributed by atoms with Gasteiger partial charge in [0.05, 0.1) is 6.10 Å². The van der Waals surface area contributed by atoms with Crippen molar-refractivity contribution in [3.63, 3.8) is 0 Å². The Kier molecular flexibility index (Phi) is 7.06. The van der Waals surface area contributed by atoms with Crippen molar-refractivity contribution in [3.05, 3.63) is 0 Å². The molecule has 0 radical (unpaired) electrons. The molecule has 16 heavy (non-hydrogen) atoms. The molecule has 3 atom stereocenters. The van der Waals surface area contributed by atoms with E-state index in [1.807, 2.05) is 6.92 Å². The van der Waals surface area contributed by atoms with Crippen LogP contribution in [0, 0.1) is 11.8 Å². The number of unbranched alkanes of at least 4 members (excludes halogenated alkanes) is 1. The summed E-state index contributed by atoms with van der Waals surface area (Å²) in [4.78, 5) is 0. The van der Waals surface area contributed by atoms with Gasteiger partial charge in [0.25, 0.3) is 0 Å². The maximum absolute atomic E-state index is 5.56. The molecule has 0 heterocycles. The topological polar surface area (TPSA) is 18.5 Å². The summed E-state index contributed by atoms with van der Waals surface area (Å²) in [5, 5.41) is 0. The molecule has 2 saturated carbocycles. The van der Waals surface area contributed by atoms with Crippen molar-refractivity contribution in [1.29, 1.82) is 0 Å². The normalized spacial score (nSPS) is 30.6. The van der Waals surface area contributed by atoms with Crippen LogP contribution in [-0.2, 0) is 9.47 Å². The summed E-state index contributed by atoms with van der Waals surface area (Å²) in [6, 6.07) is 0. The fourth-order valence-electron chi connectivity index (χ4n) is 2.46. The van der Waals surface area contributed by atoms with Crippen molar-refractivity contribution in [3.8, 4) is 0 Å². The highest BCUT2D eigenvalue weighted by atomic mass is 16.5. The molecule has 2 rings (SSSR count). The Balaban J connectivity index is 0.000000168. The summed E-state index contributed by atoms with van der Waals surface area (Å²) in [6.07, 6.45) is 7.33. The van der Waals surface area contributed by atoms with Crippen LogP contribution in [0.5, 0.6) is 0 Å². The second-order valence-electron chi connectivity index (χ2n) is 4.78. The highest BCUT2D eigenvalue weighted by Gasteiger charge is 2.48. The molecule has 3 unspecified atom stereocenters. The van der Waals surface area contributed by atoms with Gasteiger partial charge < -0.3 is 9.47 Å². The third-order valence-corrected chi connectivity index (χ3v) is 3.50. The number of rotatable bonds is 6. The molecule has 0 amide bonds. The summed E-state index contributed by atoms with van der Waals surface area (Å²) in [7, 11) is 0. The smallest absolute Gasteiger partial charge is 0.0606 e. The molecule has 2 aliphatic rings. The lowest BCUT2D eigenvalue weighted by Crippen LogP contribution is -2.11. The van der Waals surface area contributed by atoms with E-state index in [2.05, 4.69) is 13.8 Å². The van der Waals surface area contributed by atoms with Gasteiger partial charge in [-0.1, -0.05) is 13.3 Å². The summed E-state index contributed by atoms with van der Waals surface area (Å²) < 4.78 is 10.6. The van der Waals surface area contributed by atoms with Gasteiger partial charge in [-0.05, 0) is 51.4 Å². The lowest BCUT2D eigenvalue weighted by atomic mass is 10.2. The Hall–Kier alpha value is -0.0800. The third-order valence-electron chi connectivity index (χ3n) is 3.50. The van der Waals surface area contributed by atoms with Gasteiger partial charge in [-0.3, -0.25) is 0 Å². The first-order valence-electron chi connectivity index (χ1n) is 7.02. The second kappa shape index (κ2) is 8.08. The van der Waals surface area contributed by atoms with E-state index in [1.54, 1.807) is 0 Å². The molecule has 0 aromatic heterocycles. The summed E-state index contributed by atoms with van der Waals surface area (Å²) in [6.45, 7) is 8.99. The minimum absolute atomic E-state index is 0.653. The zero-order valence-electron chi connectivity index (χ0n) is 11.2. The van der Waals surface area contributed by atoms with E-state index in [9.17, 15) is 0 Å². The van der Waals surface area contributed by atoms with Crippen LogP contribution >= 0.6 is 0 Å². The van der Waals surface area contributed by atoms with Crippen molar-refractivity contribution in [2.75, 3.05) is 19.8 Å². The van der Waals surface area contributed by atoms with Gasteiger partial charge in [0.2, 0.25) is 0 Å². The predicted octanol–water partition coefficient (Wildman–Crippen LogP) is 3.64. The van der Waals surface area contributed by atoms with Crippen molar-refractivity contribution >= 4 is 0 Å². The molecule has 0 N–H and O–H groups in total. The molecule has 2 heteroatoms. The Bertz CT molecular complexity index is 166. The van der Waals surface area contributed by atoms with Gasteiger partial charge in [-0.2, -0.15) is 0 Å². The molecule has 2 nitrogen and oxygen atoms in total. The first-order chi connectivity index (χ1) is 7.83. The number of fused-ring (bicyclic) bond motifs is 1. The van der Waals surface area contributed by atoms with E-state index >= 15 is 0 Å². The van der Waals surface area contributed by atoms with E-state index < -0.39 is 0 Å². The summed E-state index contributed by atoms with van der Waals surface area (Å²) >= 11 is 0. The summed E-state index contributed by atoms with van der Waals surface area (Å²) in [5.41, 5.74) is 0. The molecule has 0 saturated heterocycles. The van der Waals surface area contributed by atoms with E-state index in [4.69, 9.17) is 9.47 Å². The van der Waals surface area contributed by atoms with E-state index in [0.29, 0.717) is 6.10 Å². The Labute approximate surface area is 101 Å². The van der Waals surface area contributed by atoms with Crippen LogP contribution in [0.1, 0.15) is 52.9 Å². The van der Waals surface area contributed by atoms with E-state index in [1.165, 1.54) is 32.1 Å². The van der Waals surface area contributed by atoms with Crippen molar-refractivity contribution in [1.82, 2.24) is 0 Å². The SMILES string of the molecule is CCCCOCC.CCOC1CCC2CC21. The zero-order chi connectivity index (χ0) is 11.8. The standard InChI is InChI=1S/C8H14O.C6H14O/c1-2-9-8-4-3-6-5-7(6)8;1-3-5-6-7-4-2/h6-8H,2-5H2,1H3;3-6H2,1-2H3. The first kappa shape index (κ1) is 14.0. The maximum Gasteiger partial charge on any atom is 0.0606 e. The quantitative estimate of drug-likeness (QED) is 0.646. The average molecular weight is 228 g/mol. The van der Waals surface area contributed by atoms with E-state index in [0.717, 1.165) is 31.7 Å². The van der Waals surface area contributed by atoms with Crippen LogP contribution < -0.4 is 0 Å². The molecule has 0 aromatic rings. The minimum Gasteiger partial charge on any atom is -0.382 e. The van der Waals surface area contributed by atoms with Crippen LogP contribution in [-0.4, -0.2) is 25.9 Å². The molecule has 0 aliphatic heterocycles. The lowest BCUT2D eigenvalue weighted by molar-refractivity contribution is 0.0528. The van der Waals surface area contributed by atoms with Crippen molar-refractivity contribution < 1.29 is 9.47 Å². The molecule has 0 bridgehead atoms. The average Bonchev–Trinajstić information content (AvgIpc) is 2.98. The number of hydrogen-bond acceptors (Lipinski definition) is 2. The predicted molar refractivity (Wildman–Crippen MR) is 67.6 cm³/mol. The number of ether oxygens (including phenoxy) is 2. The van der Waals surface area contributed by atoms with Gasteiger partial charge in [-0.25, -0.2) is 0 Å². The van der Waals surface area contributed by atoms with Gasteiger partial charge in [0.1, 0.15) is 0 Å². The molecule has 0 spiro atoms. The minimum atomic E-state index is 0.653. The van der Waals surface area contributed by atoms with Gasteiger partial charge >= 0.3 is 0 Å². The van der Waals surface area contributed by atoms with Crippen molar-refractivity contribution in [2.45, 2.75) is 59.0 Å². The first-order valence-corrected chi connectivity index (χ1v) is 7.02. The van der Waals surface area contributed by atoms with Gasteiger partial charge in [-0.15, -0.1) is 0 Å². The van der Waals surface area contributed by atoms with Crippen LogP contribution in [0.25, 0.3) is 0 Å². The van der Waals surface area contributed by atoms with Gasteiger partial charge in [0, 0.05) is 19.8 Å². The molecule has 96 valence electrons. The Morgan fingerprint density at radius 3 is 2.31 bits per heavy atom. The summed E-state index contributed by atoms with van der Waals surface area (Å²) in [5.74, 6) is 2.05. The fraction of sp³-hybridized carbons (Fsp3) is 1.00. The van der Waals surface area contributed by atoms with Crippen LogP contribution in [0.3, 0.4) is 0 Å². The highest BCUT2D eigenvalue weighted by Crippen LogP contribution is 2.52. The molecule has 2 fully saturated rings. The van der Waals surface area contributed by atoms with Gasteiger partial charge in [0.15, 0.2) is 0 Å². The third kappa shape index (κ3) is 4.84. The number of hydrogen-bond donors (Lipinski definition) is 0. The largest absolute Gasteiger partial charge is 0.382 e. The molecule has 0 aromatic carbocycles.